The molecule has 3 rings (SSSR count). The first-order chi connectivity index (χ1) is 15.2. The van der Waals surface area contributed by atoms with E-state index >= 15 is 0 Å². The van der Waals surface area contributed by atoms with Crippen LogP contribution in [0.4, 0.5) is 5.13 Å². The summed E-state index contributed by atoms with van der Waals surface area (Å²) in [4.78, 5) is 58.3. The zero-order chi connectivity index (χ0) is 23.4. The number of β-lactam (4-membered cyclic amide) rings is 1. The lowest BCUT2D eigenvalue weighted by Gasteiger charge is -2.49. The number of carbonyl (C=O) groups excluding carboxylic acids is 3. The monoisotopic (exact) mass is 481 g/mol. The fourth-order valence-electron chi connectivity index (χ4n) is 3.07. The minimum atomic E-state index is -1.29. The minimum absolute atomic E-state index is 0.0227. The van der Waals surface area contributed by atoms with Gasteiger partial charge in [-0.1, -0.05) is 5.16 Å². The maximum absolute atomic E-state index is 12.7. The standard InChI is InChI=1S/C18H19N5O7S2/c1-8(24)30-5-3-4-11-14(17(27)28)23-10(7-31-11)13(16(23)26)21-15(25)12(22-29-2)9-6-32-18(19)20-9/h3-4,6,10,13H,5,7H2,1-2H3,(H2,19,20)(H,21,25)(H,27,28)/t10-,13+/m1/s1. The van der Waals surface area contributed by atoms with Crippen LogP contribution in [0.3, 0.4) is 0 Å². The average molecular weight is 482 g/mol. The van der Waals surface area contributed by atoms with Crippen molar-refractivity contribution in [3.8, 4) is 0 Å². The zero-order valence-corrected chi connectivity index (χ0v) is 18.6. The van der Waals surface area contributed by atoms with Gasteiger partial charge >= 0.3 is 11.9 Å². The lowest BCUT2D eigenvalue weighted by Crippen LogP contribution is -2.73. The summed E-state index contributed by atoms with van der Waals surface area (Å²) in [7, 11) is 1.26. The third-order valence-corrected chi connectivity index (χ3v) is 6.23. The van der Waals surface area contributed by atoms with Gasteiger partial charge in [0.2, 0.25) is 0 Å². The second kappa shape index (κ2) is 9.82. The number of allylic oxidation sites excluding steroid dienone is 1. The Kier molecular flexibility index (Phi) is 7.15. The van der Waals surface area contributed by atoms with Crippen LogP contribution in [-0.2, 0) is 28.8 Å². The van der Waals surface area contributed by atoms with Crippen LogP contribution in [0.25, 0.3) is 0 Å². The minimum Gasteiger partial charge on any atom is -0.477 e. The average Bonchev–Trinajstić information content (AvgIpc) is 3.17. The number of nitrogens with two attached hydrogens (primary N) is 1. The molecule has 4 N–H and O–H groups in total. The summed E-state index contributed by atoms with van der Waals surface area (Å²) in [6, 6.07) is -1.49. The van der Waals surface area contributed by atoms with Crippen molar-refractivity contribution in [3.05, 3.63) is 33.8 Å². The van der Waals surface area contributed by atoms with E-state index < -0.39 is 35.8 Å². The number of carboxylic acids is 1. The van der Waals surface area contributed by atoms with Crippen LogP contribution in [-0.4, -0.2) is 76.0 Å². The van der Waals surface area contributed by atoms with E-state index in [2.05, 4.69) is 15.5 Å². The lowest BCUT2D eigenvalue weighted by atomic mass is 9.94. The molecular weight excluding hydrogens is 462 g/mol. The summed E-state index contributed by atoms with van der Waals surface area (Å²) in [6.45, 7) is 1.24. The molecule has 0 unspecified atom stereocenters. The predicted molar refractivity (Wildman–Crippen MR) is 116 cm³/mol. The van der Waals surface area contributed by atoms with Gasteiger partial charge in [-0.2, -0.15) is 0 Å². The number of ether oxygens (including phenoxy) is 1. The molecule has 12 nitrogen and oxygen atoms in total. The number of rotatable bonds is 8. The third kappa shape index (κ3) is 4.75. The Hall–Kier alpha value is -3.39. The van der Waals surface area contributed by atoms with Crippen molar-refractivity contribution in [3.63, 3.8) is 0 Å². The van der Waals surface area contributed by atoms with Gasteiger partial charge in [-0.05, 0) is 12.2 Å². The highest BCUT2D eigenvalue weighted by atomic mass is 32.2. The van der Waals surface area contributed by atoms with Gasteiger partial charge in [0.25, 0.3) is 11.8 Å². The number of amides is 2. The number of thioether (sulfide) groups is 1. The molecule has 1 aromatic heterocycles. The first-order valence-corrected chi connectivity index (χ1v) is 11.0. The molecule has 0 aromatic carbocycles. The number of aliphatic carboxylic acids is 1. The number of thiazole rings is 1. The number of esters is 1. The van der Waals surface area contributed by atoms with Gasteiger partial charge in [0.1, 0.15) is 31.1 Å². The number of hydrogen-bond acceptors (Lipinski definition) is 11. The smallest absolute Gasteiger partial charge is 0.353 e. The normalized spacial score (nSPS) is 20.6. The van der Waals surface area contributed by atoms with Crippen LogP contribution < -0.4 is 11.1 Å². The Labute approximate surface area is 190 Å². The zero-order valence-electron chi connectivity index (χ0n) is 16.9. The first kappa shape index (κ1) is 23.3. The van der Waals surface area contributed by atoms with Crippen LogP contribution in [0, 0.1) is 0 Å². The molecule has 0 bridgehead atoms. The van der Waals surface area contributed by atoms with E-state index in [0.717, 1.165) is 16.2 Å². The van der Waals surface area contributed by atoms with Crippen molar-refractivity contribution in [1.29, 1.82) is 0 Å². The van der Waals surface area contributed by atoms with Crippen LogP contribution in [0.5, 0.6) is 0 Å². The van der Waals surface area contributed by atoms with Crippen LogP contribution >= 0.6 is 23.1 Å². The Morgan fingerprint density at radius 2 is 2.22 bits per heavy atom. The van der Waals surface area contributed by atoms with Crippen molar-refractivity contribution >= 4 is 57.7 Å². The molecule has 2 aliphatic rings. The number of aromatic nitrogens is 1. The number of nitrogen functional groups attached to an aromatic ring is 1. The highest BCUT2D eigenvalue weighted by Crippen LogP contribution is 2.39. The highest BCUT2D eigenvalue weighted by Gasteiger charge is 2.53. The number of nitrogens with zero attached hydrogens (tertiary/aromatic N) is 3. The third-order valence-electron chi connectivity index (χ3n) is 4.41. The topological polar surface area (TPSA) is 174 Å². The van der Waals surface area contributed by atoms with Gasteiger partial charge in [0.15, 0.2) is 10.8 Å². The van der Waals surface area contributed by atoms with E-state index in [1.807, 2.05) is 0 Å². The number of fused-ring (bicyclic) bond motifs is 1. The number of carbonyl (C=O) groups is 4. The Bertz CT molecular complexity index is 1050. The molecule has 2 aliphatic heterocycles. The SMILES string of the molecule is CON=C(C(=O)N[C@@H]1C(=O)N2C(C(=O)O)=C(C=CCOC(C)=O)SC[C@H]12)c1csc(N)n1. The second-order valence-electron chi connectivity index (χ2n) is 6.45. The van der Waals surface area contributed by atoms with Gasteiger partial charge in [-0.25, -0.2) is 9.78 Å². The molecule has 0 saturated carbocycles. The quantitative estimate of drug-likeness (QED) is 0.197. The maximum Gasteiger partial charge on any atom is 0.353 e. The number of nitrogens with one attached hydrogen (secondary N) is 1. The number of hydrogen-bond donors (Lipinski definition) is 3. The predicted octanol–water partition coefficient (Wildman–Crippen LogP) is -0.0663. The van der Waals surface area contributed by atoms with E-state index in [-0.39, 0.29) is 28.8 Å². The molecule has 0 radical (unpaired) electrons. The van der Waals surface area contributed by atoms with Gasteiger partial charge in [-0.3, -0.25) is 19.3 Å². The molecule has 1 fully saturated rings. The fourth-order valence-corrected chi connectivity index (χ4v) is 4.82. The molecule has 1 saturated heterocycles. The number of anilines is 1. The lowest BCUT2D eigenvalue weighted by molar-refractivity contribution is -0.153. The molecule has 2 amide bonds. The summed E-state index contributed by atoms with van der Waals surface area (Å²) in [5, 5.41) is 17.7. The summed E-state index contributed by atoms with van der Waals surface area (Å²) in [6.07, 6.45) is 2.98. The summed E-state index contributed by atoms with van der Waals surface area (Å²) >= 11 is 2.33. The van der Waals surface area contributed by atoms with Crippen molar-refractivity contribution < 1.29 is 33.9 Å². The number of carboxylic acid groups (broad SMARTS) is 1. The molecule has 2 atom stereocenters. The molecule has 32 heavy (non-hydrogen) atoms. The molecule has 3 heterocycles. The van der Waals surface area contributed by atoms with E-state index in [4.69, 9.17) is 15.3 Å². The summed E-state index contributed by atoms with van der Waals surface area (Å²) in [5.41, 5.74) is 5.45. The highest BCUT2D eigenvalue weighted by molar-refractivity contribution is 8.03. The number of oxime groups is 1. The van der Waals surface area contributed by atoms with Crippen molar-refractivity contribution in [2.24, 2.45) is 5.16 Å². The van der Waals surface area contributed by atoms with Crippen molar-refractivity contribution in [2.75, 3.05) is 25.2 Å². The van der Waals surface area contributed by atoms with Gasteiger partial charge < -0.3 is 25.7 Å². The first-order valence-electron chi connectivity index (χ1n) is 9.11. The van der Waals surface area contributed by atoms with Gasteiger partial charge in [-0.15, -0.1) is 23.1 Å². The van der Waals surface area contributed by atoms with Crippen LogP contribution in [0.15, 0.2) is 33.3 Å². The largest absolute Gasteiger partial charge is 0.477 e. The van der Waals surface area contributed by atoms with Crippen molar-refractivity contribution in [1.82, 2.24) is 15.2 Å². The molecular formula is C18H19N5O7S2. The maximum atomic E-state index is 12.7. The van der Waals surface area contributed by atoms with E-state index in [9.17, 15) is 24.3 Å². The van der Waals surface area contributed by atoms with Crippen molar-refractivity contribution in [2.45, 2.75) is 19.0 Å². The molecule has 0 aliphatic carbocycles. The fraction of sp³-hybridized carbons (Fsp3) is 0.333. The van der Waals surface area contributed by atoms with Gasteiger partial charge in [0, 0.05) is 23.0 Å². The van der Waals surface area contributed by atoms with Crippen LogP contribution in [0.1, 0.15) is 12.6 Å². The molecule has 14 heteroatoms. The molecule has 1 aromatic rings. The molecule has 170 valence electrons. The van der Waals surface area contributed by atoms with E-state index in [0.29, 0.717) is 10.7 Å². The molecule has 0 spiro atoms. The van der Waals surface area contributed by atoms with E-state index in [1.165, 1.54) is 43.3 Å². The summed E-state index contributed by atoms with van der Waals surface area (Å²) in [5.74, 6) is -2.67. The Morgan fingerprint density at radius 3 is 2.81 bits per heavy atom. The second-order valence-corrected chi connectivity index (χ2v) is 8.41. The van der Waals surface area contributed by atoms with Crippen LogP contribution in [0.2, 0.25) is 0 Å². The van der Waals surface area contributed by atoms with E-state index in [1.54, 1.807) is 0 Å². The van der Waals surface area contributed by atoms with Gasteiger partial charge in [0.05, 0.1) is 6.04 Å². The Balaban J connectivity index is 1.75. The summed E-state index contributed by atoms with van der Waals surface area (Å²) < 4.78 is 4.79. The Morgan fingerprint density at radius 1 is 1.47 bits per heavy atom.